The summed E-state index contributed by atoms with van der Waals surface area (Å²) in [6.45, 7) is 2.29. The maximum Gasteiger partial charge on any atom is 0.0595 e. The zero-order valence-electron chi connectivity index (χ0n) is 12.5. The Balaban J connectivity index is 2.03. The Morgan fingerprint density at radius 3 is 2.40 bits per heavy atom. The number of hydrogen-bond donors (Lipinski definition) is 1. The van der Waals surface area contributed by atoms with Gasteiger partial charge < -0.3 is 5.32 Å². The predicted octanol–water partition coefficient (Wildman–Crippen LogP) is 5.86. The lowest BCUT2D eigenvalue weighted by molar-refractivity contribution is 0.219. The standard InChI is InChI=1S/C17H25Cl2N/c1-3-4-12-5-7-13(8-6-12)17(20-2)14-9-10-15(18)16(19)11-14/h9-13,17,20H,3-8H2,1-2H3. The van der Waals surface area contributed by atoms with Crippen molar-refractivity contribution in [3.8, 4) is 0 Å². The lowest BCUT2D eigenvalue weighted by atomic mass is 9.75. The van der Waals surface area contributed by atoms with Gasteiger partial charge in [-0.2, -0.15) is 0 Å². The Kier molecular flexibility index (Phi) is 6.20. The summed E-state index contributed by atoms with van der Waals surface area (Å²) in [6, 6.07) is 6.43. The van der Waals surface area contributed by atoms with E-state index in [2.05, 4.69) is 18.3 Å². The van der Waals surface area contributed by atoms with Crippen LogP contribution in [0, 0.1) is 11.8 Å². The molecule has 1 unspecified atom stereocenters. The van der Waals surface area contributed by atoms with E-state index in [-0.39, 0.29) is 0 Å². The van der Waals surface area contributed by atoms with E-state index < -0.39 is 0 Å². The summed E-state index contributed by atoms with van der Waals surface area (Å²) < 4.78 is 0. The normalized spacial score (nSPS) is 24.6. The molecule has 0 saturated heterocycles. The molecule has 0 bridgehead atoms. The van der Waals surface area contributed by atoms with Crippen molar-refractivity contribution in [2.75, 3.05) is 7.05 Å². The molecule has 1 aliphatic carbocycles. The van der Waals surface area contributed by atoms with Crippen molar-refractivity contribution in [1.29, 1.82) is 0 Å². The van der Waals surface area contributed by atoms with Gasteiger partial charge in [-0.15, -0.1) is 0 Å². The van der Waals surface area contributed by atoms with Crippen LogP contribution in [0.25, 0.3) is 0 Å². The Bertz CT molecular complexity index is 425. The average Bonchev–Trinajstić information content (AvgIpc) is 2.46. The van der Waals surface area contributed by atoms with Crippen LogP contribution in [0.15, 0.2) is 18.2 Å². The number of nitrogens with one attached hydrogen (secondary N) is 1. The highest BCUT2D eigenvalue weighted by molar-refractivity contribution is 6.42. The molecule has 112 valence electrons. The van der Waals surface area contributed by atoms with Crippen LogP contribution in [0.3, 0.4) is 0 Å². The first kappa shape index (κ1) is 16.1. The molecular weight excluding hydrogens is 289 g/mol. The smallest absolute Gasteiger partial charge is 0.0595 e. The molecule has 0 spiro atoms. The highest BCUT2D eigenvalue weighted by Gasteiger charge is 2.27. The van der Waals surface area contributed by atoms with E-state index in [0.717, 1.165) is 5.92 Å². The Hall–Kier alpha value is -0.240. The summed E-state index contributed by atoms with van der Waals surface area (Å²) in [5, 5.41) is 4.77. The van der Waals surface area contributed by atoms with Gasteiger partial charge in [0.05, 0.1) is 10.0 Å². The highest BCUT2D eigenvalue weighted by Crippen LogP contribution is 2.39. The summed E-state index contributed by atoms with van der Waals surface area (Å²) >= 11 is 12.2. The maximum absolute atomic E-state index is 6.16. The van der Waals surface area contributed by atoms with Gasteiger partial charge in [-0.3, -0.25) is 0 Å². The van der Waals surface area contributed by atoms with Crippen LogP contribution >= 0.6 is 23.2 Å². The minimum absolute atomic E-state index is 0.396. The van der Waals surface area contributed by atoms with Gasteiger partial charge in [0.2, 0.25) is 0 Å². The SMILES string of the molecule is CCCC1CCC(C(NC)c2ccc(Cl)c(Cl)c2)CC1. The fourth-order valence-electron chi connectivity index (χ4n) is 3.60. The van der Waals surface area contributed by atoms with E-state index >= 15 is 0 Å². The number of benzene rings is 1. The quantitative estimate of drug-likeness (QED) is 0.717. The second kappa shape index (κ2) is 7.68. The fourth-order valence-corrected chi connectivity index (χ4v) is 3.91. The molecule has 2 rings (SSSR count). The molecule has 0 amide bonds. The second-order valence-electron chi connectivity index (χ2n) is 6.01. The molecule has 0 heterocycles. The van der Waals surface area contributed by atoms with E-state index in [1.165, 1.54) is 44.1 Å². The van der Waals surface area contributed by atoms with Crippen LogP contribution in [-0.2, 0) is 0 Å². The van der Waals surface area contributed by atoms with Gasteiger partial charge in [0.25, 0.3) is 0 Å². The molecule has 1 fully saturated rings. The van der Waals surface area contributed by atoms with Gasteiger partial charge >= 0.3 is 0 Å². The first-order valence-corrected chi connectivity index (χ1v) is 8.53. The first-order valence-electron chi connectivity index (χ1n) is 7.78. The molecule has 0 aromatic heterocycles. The maximum atomic E-state index is 6.16. The second-order valence-corrected chi connectivity index (χ2v) is 6.82. The Morgan fingerprint density at radius 1 is 1.15 bits per heavy atom. The highest BCUT2D eigenvalue weighted by atomic mass is 35.5. The molecular formula is C17H25Cl2N. The third-order valence-electron chi connectivity index (χ3n) is 4.67. The van der Waals surface area contributed by atoms with Crippen LogP contribution in [-0.4, -0.2) is 7.05 Å². The largest absolute Gasteiger partial charge is 0.313 e. The van der Waals surface area contributed by atoms with Gasteiger partial charge in [0, 0.05) is 6.04 Å². The van der Waals surface area contributed by atoms with Crippen LogP contribution in [0.5, 0.6) is 0 Å². The Labute approximate surface area is 133 Å². The van der Waals surface area contributed by atoms with Crippen molar-refractivity contribution in [2.24, 2.45) is 11.8 Å². The van der Waals surface area contributed by atoms with Crippen LogP contribution in [0.2, 0.25) is 10.0 Å². The summed E-state index contributed by atoms with van der Waals surface area (Å²) in [5.41, 5.74) is 1.26. The van der Waals surface area contributed by atoms with Gasteiger partial charge in [-0.05, 0) is 49.4 Å². The van der Waals surface area contributed by atoms with Gasteiger partial charge in [-0.25, -0.2) is 0 Å². The van der Waals surface area contributed by atoms with Crippen LogP contribution in [0.4, 0.5) is 0 Å². The summed E-state index contributed by atoms with van der Waals surface area (Å²) in [4.78, 5) is 0. The average molecular weight is 314 g/mol. The van der Waals surface area contributed by atoms with E-state index in [1.807, 2.05) is 19.2 Å². The fraction of sp³-hybridized carbons (Fsp3) is 0.647. The van der Waals surface area contributed by atoms with Crippen molar-refractivity contribution in [2.45, 2.75) is 51.5 Å². The number of halogens is 2. The van der Waals surface area contributed by atoms with Gasteiger partial charge in [-0.1, -0.05) is 61.9 Å². The lowest BCUT2D eigenvalue weighted by Gasteiger charge is -2.34. The topological polar surface area (TPSA) is 12.0 Å². The molecule has 1 atom stereocenters. The lowest BCUT2D eigenvalue weighted by Crippen LogP contribution is -2.28. The van der Waals surface area contributed by atoms with E-state index in [4.69, 9.17) is 23.2 Å². The van der Waals surface area contributed by atoms with E-state index in [0.29, 0.717) is 22.0 Å². The molecule has 1 saturated carbocycles. The zero-order chi connectivity index (χ0) is 14.5. The molecule has 1 N–H and O–H groups in total. The molecule has 0 radical (unpaired) electrons. The third kappa shape index (κ3) is 3.90. The molecule has 1 aliphatic rings. The molecule has 0 aliphatic heterocycles. The predicted molar refractivity (Wildman–Crippen MR) is 88.6 cm³/mol. The van der Waals surface area contributed by atoms with E-state index in [1.54, 1.807) is 0 Å². The van der Waals surface area contributed by atoms with Crippen LogP contribution in [0.1, 0.15) is 57.1 Å². The number of rotatable bonds is 5. The zero-order valence-corrected chi connectivity index (χ0v) is 14.0. The molecule has 1 aromatic carbocycles. The number of hydrogen-bond acceptors (Lipinski definition) is 1. The minimum atomic E-state index is 0.396. The Morgan fingerprint density at radius 2 is 1.85 bits per heavy atom. The van der Waals surface area contributed by atoms with Crippen molar-refractivity contribution in [1.82, 2.24) is 5.32 Å². The van der Waals surface area contributed by atoms with Gasteiger partial charge in [0.1, 0.15) is 0 Å². The van der Waals surface area contributed by atoms with E-state index in [9.17, 15) is 0 Å². The van der Waals surface area contributed by atoms with Gasteiger partial charge in [0.15, 0.2) is 0 Å². The monoisotopic (exact) mass is 313 g/mol. The van der Waals surface area contributed by atoms with Crippen molar-refractivity contribution >= 4 is 23.2 Å². The van der Waals surface area contributed by atoms with Crippen molar-refractivity contribution < 1.29 is 0 Å². The first-order chi connectivity index (χ1) is 9.65. The summed E-state index contributed by atoms with van der Waals surface area (Å²) in [7, 11) is 2.05. The van der Waals surface area contributed by atoms with Crippen molar-refractivity contribution in [3.05, 3.63) is 33.8 Å². The molecule has 3 heteroatoms. The molecule has 20 heavy (non-hydrogen) atoms. The van der Waals surface area contributed by atoms with Crippen LogP contribution < -0.4 is 5.32 Å². The summed E-state index contributed by atoms with van der Waals surface area (Å²) in [6.07, 6.45) is 8.09. The third-order valence-corrected chi connectivity index (χ3v) is 5.41. The minimum Gasteiger partial charge on any atom is -0.313 e. The molecule has 1 nitrogen and oxygen atoms in total. The summed E-state index contributed by atoms with van der Waals surface area (Å²) in [5.74, 6) is 1.66. The molecule has 1 aromatic rings. The van der Waals surface area contributed by atoms with Crippen molar-refractivity contribution in [3.63, 3.8) is 0 Å².